The molecule has 0 atom stereocenters. The quantitative estimate of drug-likeness (QED) is 0.581. The van der Waals surface area contributed by atoms with Crippen LogP contribution in [0.1, 0.15) is 0 Å². The fraction of sp³-hybridized carbons (Fsp3) is 0.0769. The van der Waals surface area contributed by atoms with Crippen molar-refractivity contribution >= 4 is 22.4 Å². The second-order valence-electron chi connectivity index (χ2n) is 4.21. The van der Waals surface area contributed by atoms with Gasteiger partial charge in [0, 0.05) is 13.1 Å². The van der Waals surface area contributed by atoms with E-state index >= 15 is 0 Å². The third-order valence-corrected chi connectivity index (χ3v) is 3.05. The van der Waals surface area contributed by atoms with Crippen LogP contribution in [-0.2, 0) is 0 Å². The Kier molecular flexibility index (Phi) is 2.79. The zero-order valence-corrected chi connectivity index (χ0v) is 10.5. The predicted molar refractivity (Wildman–Crippen MR) is 73.4 cm³/mol. The molecule has 1 N–H and O–H groups in total. The van der Waals surface area contributed by atoms with Crippen molar-refractivity contribution in [3.05, 3.63) is 46.5 Å². The molecule has 0 amide bonds. The van der Waals surface area contributed by atoms with Crippen LogP contribution in [0.15, 0.2) is 41.0 Å². The monoisotopic (exact) mass is 270 g/mol. The summed E-state index contributed by atoms with van der Waals surface area (Å²) in [5.74, 6) is 0. The smallest absolute Gasteiger partial charge is 0.292 e. The molecule has 7 nitrogen and oxygen atoms in total. The number of fused-ring (bicyclic) bond motifs is 1. The number of hydrogen-bond acceptors (Lipinski definition) is 6. The van der Waals surface area contributed by atoms with Gasteiger partial charge in [0.25, 0.3) is 5.69 Å². The highest BCUT2D eigenvalue weighted by molar-refractivity contribution is 5.82. The van der Waals surface area contributed by atoms with E-state index in [0.29, 0.717) is 16.7 Å². The first-order valence-corrected chi connectivity index (χ1v) is 5.88. The van der Waals surface area contributed by atoms with Gasteiger partial charge >= 0.3 is 0 Å². The Bertz CT molecular complexity index is 797. The van der Waals surface area contributed by atoms with Crippen LogP contribution < -0.4 is 5.32 Å². The Balaban J connectivity index is 2.13. The molecule has 3 rings (SSSR count). The van der Waals surface area contributed by atoms with Gasteiger partial charge < -0.3 is 5.32 Å². The van der Waals surface area contributed by atoms with Gasteiger partial charge in [0.15, 0.2) is 0 Å². The lowest BCUT2D eigenvalue weighted by atomic mass is 10.0. The molecule has 1 heterocycles. The zero-order chi connectivity index (χ0) is 14.1. The molecule has 0 saturated heterocycles. The number of rotatable bonds is 3. The number of nitro groups is 1. The second-order valence-corrected chi connectivity index (χ2v) is 4.21. The summed E-state index contributed by atoms with van der Waals surface area (Å²) < 4.78 is 4.64. The lowest BCUT2D eigenvalue weighted by Gasteiger charge is -2.05. The maximum absolute atomic E-state index is 11.1. The van der Waals surface area contributed by atoms with Crippen LogP contribution in [0.4, 0.5) is 11.4 Å². The van der Waals surface area contributed by atoms with Gasteiger partial charge in [-0.05, 0) is 39.6 Å². The van der Waals surface area contributed by atoms with E-state index in [1.165, 1.54) is 6.07 Å². The van der Waals surface area contributed by atoms with Crippen LogP contribution in [0.25, 0.3) is 22.2 Å². The molecule has 0 bridgehead atoms. The number of hydrogen-bond donors (Lipinski definition) is 1. The minimum absolute atomic E-state index is 0.0309. The third kappa shape index (κ3) is 1.95. The SMILES string of the molecule is CNc1ccc(-c2ccc3nonc3c2)cc1[N+](=O)[O-]. The van der Waals surface area contributed by atoms with Crippen molar-refractivity contribution in [1.82, 2.24) is 10.3 Å². The van der Waals surface area contributed by atoms with Crippen molar-refractivity contribution in [1.29, 1.82) is 0 Å². The minimum Gasteiger partial charge on any atom is -0.383 e. The lowest BCUT2D eigenvalue weighted by Crippen LogP contribution is -1.96. The number of anilines is 1. The van der Waals surface area contributed by atoms with Crippen LogP contribution in [0.5, 0.6) is 0 Å². The molecular formula is C13H10N4O3. The summed E-state index contributed by atoms with van der Waals surface area (Å²) in [4.78, 5) is 10.7. The Morgan fingerprint density at radius 1 is 1.10 bits per heavy atom. The summed E-state index contributed by atoms with van der Waals surface area (Å²) in [6.45, 7) is 0. The van der Waals surface area contributed by atoms with Gasteiger partial charge in [-0.1, -0.05) is 12.1 Å². The fourth-order valence-electron chi connectivity index (χ4n) is 2.04. The van der Waals surface area contributed by atoms with Crippen molar-refractivity contribution in [3.63, 3.8) is 0 Å². The van der Waals surface area contributed by atoms with Gasteiger partial charge in [-0.2, -0.15) is 0 Å². The maximum Gasteiger partial charge on any atom is 0.292 e. The molecule has 0 aliphatic rings. The van der Waals surface area contributed by atoms with Crippen LogP contribution >= 0.6 is 0 Å². The highest BCUT2D eigenvalue weighted by Gasteiger charge is 2.14. The molecule has 0 aliphatic carbocycles. The van der Waals surface area contributed by atoms with E-state index in [0.717, 1.165) is 11.1 Å². The molecule has 0 unspecified atom stereocenters. The Morgan fingerprint density at radius 2 is 1.80 bits per heavy atom. The highest BCUT2D eigenvalue weighted by atomic mass is 16.6. The molecule has 0 radical (unpaired) electrons. The van der Waals surface area contributed by atoms with E-state index in [1.807, 2.05) is 12.1 Å². The summed E-state index contributed by atoms with van der Waals surface area (Å²) in [7, 11) is 1.65. The average molecular weight is 270 g/mol. The first-order chi connectivity index (χ1) is 9.69. The maximum atomic E-state index is 11.1. The molecule has 0 aliphatic heterocycles. The van der Waals surface area contributed by atoms with Crippen molar-refractivity contribution < 1.29 is 9.55 Å². The van der Waals surface area contributed by atoms with E-state index in [9.17, 15) is 10.1 Å². The lowest BCUT2D eigenvalue weighted by molar-refractivity contribution is -0.383. The van der Waals surface area contributed by atoms with Crippen molar-refractivity contribution in [2.75, 3.05) is 12.4 Å². The van der Waals surface area contributed by atoms with E-state index in [2.05, 4.69) is 20.3 Å². The largest absolute Gasteiger partial charge is 0.383 e. The summed E-state index contributed by atoms with van der Waals surface area (Å²) in [5, 5.41) is 21.4. The molecule has 2 aromatic carbocycles. The first-order valence-electron chi connectivity index (χ1n) is 5.88. The fourth-order valence-corrected chi connectivity index (χ4v) is 2.04. The minimum atomic E-state index is -0.411. The molecule has 1 aromatic heterocycles. The number of nitrogens with one attached hydrogen (secondary N) is 1. The number of aromatic nitrogens is 2. The number of nitrogens with zero attached hydrogens (tertiary/aromatic N) is 3. The molecule has 0 saturated carbocycles. The molecule has 3 aromatic rings. The van der Waals surface area contributed by atoms with Crippen molar-refractivity contribution in [3.8, 4) is 11.1 Å². The molecule has 20 heavy (non-hydrogen) atoms. The number of benzene rings is 2. The zero-order valence-electron chi connectivity index (χ0n) is 10.5. The van der Waals surface area contributed by atoms with E-state index in [-0.39, 0.29) is 5.69 Å². The normalized spacial score (nSPS) is 10.7. The molecular weight excluding hydrogens is 260 g/mol. The predicted octanol–water partition coefficient (Wildman–Crippen LogP) is 2.84. The second kappa shape index (κ2) is 4.61. The Labute approximate surface area is 113 Å². The van der Waals surface area contributed by atoms with Crippen molar-refractivity contribution in [2.45, 2.75) is 0 Å². The van der Waals surface area contributed by atoms with Gasteiger partial charge in [-0.25, -0.2) is 4.63 Å². The Morgan fingerprint density at radius 3 is 2.55 bits per heavy atom. The topological polar surface area (TPSA) is 94.1 Å². The van der Waals surface area contributed by atoms with Crippen LogP contribution in [0.3, 0.4) is 0 Å². The highest BCUT2D eigenvalue weighted by Crippen LogP contribution is 2.31. The summed E-state index contributed by atoms with van der Waals surface area (Å²) in [6.07, 6.45) is 0. The molecule has 7 heteroatoms. The van der Waals surface area contributed by atoms with Gasteiger partial charge in [0.05, 0.1) is 4.92 Å². The van der Waals surface area contributed by atoms with E-state index in [4.69, 9.17) is 0 Å². The Hall–Kier alpha value is -2.96. The van der Waals surface area contributed by atoms with Gasteiger partial charge in [-0.3, -0.25) is 10.1 Å². The van der Waals surface area contributed by atoms with Gasteiger partial charge in [-0.15, -0.1) is 0 Å². The standard InChI is InChI=1S/C13H10N4O3/c1-14-11-5-3-9(7-13(11)17(18)19)8-2-4-10-12(6-8)16-20-15-10/h2-7,14H,1H3. The van der Waals surface area contributed by atoms with Gasteiger partial charge in [0.1, 0.15) is 16.7 Å². The third-order valence-electron chi connectivity index (χ3n) is 3.05. The van der Waals surface area contributed by atoms with Gasteiger partial charge in [0.2, 0.25) is 0 Å². The number of nitro benzene ring substituents is 1. The summed E-state index contributed by atoms with van der Waals surface area (Å²) in [6, 6.07) is 10.4. The van der Waals surface area contributed by atoms with Crippen LogP contribution in [-0.4, -0.2) is 22.3 Å². The van der Waals surface area contributed by atoms with E-state index < -0.39 is 4.92 Å². The van der Waals surface area contributed by atoms with Crippen LogP contribution in [0.2, 0.25) is 0 Å². The van der Waals surface area contributed by atoms with Crippen molar-refractivity contribution in [2.24, 2.45) is 0 Å². The average Bonchev–Trinajstić information content (AvgIpc) is 2.93. The van der Waals surface area contributed by atoms with E-state index in [1.54, 1.807) is 25.2 Å². The summed E-state index contributed by atoms with van der Waals surface area (Å²) >= 11 is 0. The summed E-state index contributed by atoms with van der Waals surface area (Å²) in [5.41, 5.74) is 3.32. The molecule has 0 fully saturated rings. The molecule has 0 spiro atoms. The van der Waals surface area contributed by atoms with Crippen LogP contribution in [0, 0.1) is 10.1 Å². The molecule has 100 valence electrons. The first kappa shape index (κ1) is 12.1.